The molecular weight excluding hydrogens is 326 g/mol. The summed E-state index contributed by atoms with van der Waals surface area (Å²) in [6.07, 6.45) is 3.37. The highest BCUT2D eigenvalue weighted by Gasteiger charge is 2.51. The molecule has 0 unspecified atom stereocenters. The molecule has 1 aliphatic carbocycles. The number of hydrogen-bond acceptors (Lipinski definition) is 4. The van der Waals surface area contributed by atoms with E-state index in [1.54, 1.807) is 0 Å². The van der Waals surface area contributed by atoms with Gasteiger partial charge in [0.1, 0.15) is 5.78 Å². The summed E-state index contributed by atoms with van der Waals surface area (Å²) >= 11 is 0. The van der Waals surface area contributed by atoms with E-state index >= 15 is 0 Å². The molecular formula is C22H23NO3. The molecule has 2 fully saturated rings. The lowest BCUT2D eigenvalue weighted by molar-refractivity contribution is -0.123. The fourth-order valence-electron chi connectivity index (χ4n) is 5.01. The predicted molar refractivity (Wildman–Crippen MR) is 98.4 cm³/mol. The molecule has 3 aliphatic rings. The van der Waals surface area contributed by atoms with Crippen LogP contribution in [-0.4, -0.2) is 30.1 Å². The fourth-order valence-corrected chi connectivity index (χ4v) is 5.01. The molecule has 0 amide bonds. The maximum absolute atomic E-state index is 12.3. The Balaban J connectivity index is 1.49. The van der Waals surface area contributed by atoms with Gasteiger partial charge in [-0.25, -0.2) is 0 Å². The van der Waals surface area contributed by atoms with Crippen molar-refractivity contribution >= 4 is 5.78 Å². The van der Waals surface area contributed by atoms with Crippen molar-refractivity contribution in [3.63, 3.8) is 0 Å². The van der Waals surface area contributed by atoms with Gasteiger partial charge in [-0.15, -0.1) is 0 Å². The minimum absolute atomic E-state index is 0.0453. The summed E-state index contributed by atoms with van der Waals surface area (Å²) in [7, 11) is 0. The molecule has 5 rings (SSSR count). The van der Waals surface area contributed by atoms with Crippen LogP contribution >= 0.6 is 0 Å². The Labute approximate surface area is 153 Å². The maximum atomic E-state index is 12.3. The average molecular weight is 349 g/mol. The standard InChI is InChI=1S/C22H23NO3/c24-18-8-9-22(17-6-7-19-20(12-17)26-15-25-19)10-11-23(21(22)13-18)14-16-4-2-1-3-5-16/h1-7,12,21H,8-11,13-15H2/t21-,22-/m0/s1. The highest BCUT2D eigenvalue weighted by molar-refractivity contribution is 5.81. The molecule has 2 heterocycles. The molecule has 26 heavy (non-hydrogen) atoms. The molecule has 1 saturated carbocycles. The summed E-state index contributed by atoms with van der Waals surface area (Å²) in [6.45, 7) is 2.24. The third kappa shape index (κ3) is 2.52. The van der Waals surface area contributed by atoms with Crippen LogP contribution in [0.5, 0.6) is 11.5 Å². The molecule has 0 N–H and O–H groups in total. The summed E-state index contributed by atoms with van der Waals surface area (Å²) in [6, 6.07) is 17.2. The van der Waals surface area contributed by atoms with Crippen LogP contribution in [0.15, 0.2) is 48.5 Å². The highest BCUT2D eigenvalue weighted by atomic mass is 16.7. The predicted octanol–water partition coefficient (Wildman–Crippen LogP) is 3.68. The Morgan fingerprint density at radius 1 is 1.04 bits per heavy atom. The average Bonchev–Trinajstić information content (AvgIpc) is 3.28. The Morgan fingerprint density at radius 2 is 1.88 bits per heavy atom. The first kappa shape index (κ1) is 15.9. The second-order valence-electron chi connectivity index (χ2n) is 7.69. The van der Waals surface area contributed by atoms with Gasteiger partial charge in [0.2, 0.25) is 6.79 Å². The van der Waals surface area contributed by atoms with Crippen LogP contribution in [0.1, 0.15) is 36.8 Å². The Kier molecular flexibility index (Phi) is 3.75. The fraction of sp³-hybridized carbons (Fsp3) is 0.409. The molecule has 2 aromatic rings. The zero-order valence-electron chi connectivity index (χ0n) is 14.8. The van der Waals surface area contributed by atoms with Crippen LogP contribution in [0, 0.1) is 0 Å². The first-order chi connectivity index (χ1) is 12.7. The van der Waals surface area contributed by atoms with Crippen LogP contribution < -0.4 is 9.47 Å². The minimum Gasteiger partial charge on any atom is -0.454 e. The summed E-state index contributed by atoms with van der Waals surface area (Å²) in [5.74, 6) is 2.06. The number of nitrogens with zero attached hydrogens (tertiary/aromatic N) is 1. The molecule has 2 atom stereocenters. The first-order valence-corrected chi connectivity index (χ1v) is 9.44. The lowest BCUT2D eigenvalue weighted by atomic mass is 9.66. The Bertz CT molecular complexity index is 835. The van der Waals surface area contributed by atoms with E-state index < -0.39 is 0 Å². The Morgan fingerprint density at radius 3 is 2.77 bits per heavy atom. The van der Waals surface area contributed by atoms with Crippen molar-refractivity contribution in [2.24, 2.45) is 0 Å². The van der Waals surface area contributed by atoms with Gasteiger partial charge in [-0.05, 0) is 42.6 Å². The second kappa shape index (κ2) is 6.13. The lowest BCUT2D eigenvalue weighted by Gasteiger charge is -2.42. The van der Waals surface area contributed by atoms with E-state index in [2.05, 4.69) is 47.4 Å². The van der Waals surface area contributed by atoms with Gasteiger partial charge in [0, 0.05) is 30.8 Å². The highest BCUT2D eigenvalue weighted by Crippen LogP contribution is 2.50. The monoisotopic (exact) mass is 349 g/mol. The summed E-state index contributed by atoms with van der Waals surface area (Å²) in [5.41, 5.74) is 2.66. The molecule has 0 radical (unpaired) electrons. The number of ether oxygens (including phenoxy) is 2. The molecule has 0 aromatic heterocycles. The number of likely N-dealkylation sites (tertiary alicyclic amines) is 1. The van der Waals surface area contributed by atoms with Gasteiger partial charge in [-0.1, -0.05) is 36.4 Å². The van der Waals surface area contributed by atoms with Crippen molar-refractivity contribution in [3.05, 3.63) is 59.7 Å². The Hall–Kier alpha value is -2.33. The van der Waals surface area contributed by atoms with Crippen LogP contribution in [0.4, 0.5) is 0 Å². The van der Waals surface area contributed by atoms with Gasteiger partial charge in [-0.3, -0.25) is 9.69 Å². The van der Waals surface area contributed by atoms with E-state index in [1.165, 1.54) is 11.1 Å². The number of fused-ring (bicyclic) bond motifs is 2. The molecule has 0 bridgehead atoms. The molecule has 2 aliphatic heterocycles. The molecule has 4 heteroatoms. The number of ketones is 1. The van der Waals surface area contributed by atoms with Crippen molar-refractivity contribution in [1.29, 1.82) is 0 Å². The number of carbonyl (C=O) groups is 1. The molecule has 1 saturated heterocycles. The van der Waals surface area contributed by atoms with E-state index in [9.17, 15) is 4.79 Å². The number of rotatable bonds is 3. The SMILES string of the molecule is O=C1CC[C@@]2(c3ccc4c(c3)OCO4)CCN(Cc3ccccc3)[C@H]2C1. The van der Waals surface area contributed by atoms with Crippen LogP contribution in [-0.2, 0) is 16.8 Å². The van der Waals surface area contributed by atoms with Crippen LogP contribution in [0.25, 0.3) is 0 Å². The summed E-state index contributed by atoms with van der Waals surface area (Å²) < 4.78 is 11.1. The van der Waals surface area contributed by atoms with E-state index in [0.29, 0.717) is 25.4 Å². The van der Waals surface area contributed by atoms with Gasteiger partial charge in [0.15, 0.2) is 11.5 Å². The lowest BCUT2D eigenvalue weighted by Crippen LogP contribution is -2.47. The van der Waals surface area contributed by atoms with Crippen molar-refractivity contribution in [3.8, 4) is 11.5 Å². The van der Waals surface area contributed by atoms with Gasteiger partial charge in [-0.2, -0.15) is 0 Å². The third-order valence-electron chi connectivity index (χ3n) is 6.37. The van der Waals surface area contributed by atoms with Gasteiger partial charge in [0.05, 0.1) is 0 Å². The number of benzene rings is 2. The zero-order chi connectivity index (χ0) is 17.6. The van der Waals surface area contributed by atoms with E-state index in [-0.39, 0.29) is 11.5 Å². The van der Waals surface area contributed by atoms with Crippen molar-refractivity contribution in [2.45, 2.75) is 43.7 Å². The summed E-state index contributed by atoms with van der Waals surface area (Å²) in [4.78, 5) is 14.8. The molecule has 4 nitrogen and oxygen atoms in total. The van der Waals surface area contributed by atoms with E-state index in [1.807, 2.05) is 6.07 Å². The van der Waals surface area contributed by atoms with Gasteiger partial charge in [0.25, 0.3) is 0 Å². The molecule has 2 aromatic carbocycles. The number of carbonyl (C=O) groups excluding carboxylic acids is 1. The zero-order valence-corrected chi connectivity index (χ0v) is 14.8. The van der Waals surface area contributed by atoms with Gasteiger partial charge < -0.3 is 9.47 Å². The number of Topliss-reactive ketones (excluding diaryl/α,β-unsaturated/α-hetero) is 1. The molecule has 134 valence electrons. The van der Waals surface area contributed by atoms with Crippen molar-refractivity contribution in [1.82, 2.24) is 4.90 Å². The first-order valence-electron chi connectivity index (χ1n) is 9.44. The number of hydrogen-bond donors (Lipinski definition) is 0. The van der Waals surface area contributed by atoms with E-state index in [0.717, 1.165) is 37.4 Å². The third-order valence-corrected chi connectivity index (χ3v) is 6.37. The van der Waals surface area contributed by atoms with Crippen molar-refractivity contribution in [2.75, 3.05) is 13.3 Å². The van der Waals surface area contributed by atoms with Crippen LogP contribution in [0.3, 0.4) is 0 Å². The largest absolute Gasteiger partial charge is 0.454 e. The van der Waals surface area contributed by atoms with Gasteiger partial charge >= 0.3 is 0 Å². The second-order valence-corrected chi connectivity index (χ2v) is 7.69. The normalized spacial score (nSPS) is 27.5. The smallest absolute Gasteiger partial charge is 0.231 e. The maximum Gasteiger partial charge on any atom is 0.231 e. The van der Waals surface area contributed by atoms with Crippen LogP contribution in [0.2, 0.25) is 0 Å². The minimum atomic E-state index is 0.0453. The van der Waals surface area contributed by atoms with E-state index in [4.69, 9.17) is 9.47 Å². The topological polar surface area (TPSA) is 38.8 Å². The quantitative estimate of drug-likeness (QED) is 0.847. The summed E-state index contributed by atoms with van der Waals surface area (Å²) in [5, 5.41) is 0. The van der Waals surface area contributed by atoms with Crippen molar-refractivity contribution < 1.29 is 14.3 Å². The molecule has 0 spiro atoms.